The minimum absolute atomic E-state index is 0.635. The minimum atomic E-state index is 0.635. The Morgan fingerprint density at radius 2 is 1.77 bits per heavy atom. The summed E-state index contributed by atoms with van der Waals surface area (Å²) in [6.45, 7) is 7.62. The van der Waals surface area contributed by atoms with Gasteiger partial charge in [0.25, 0.3) is 0 Å². The lowest BCUT2D eigenvalue weighted by Crippen LogP contribution is -2.52. The average Bonchev–Trinajstić information content (AvgIpc) is 3.07. The van der Waals surface area contributed by atoms with E-state index in [0.29, 0.717) is 10.8 Å². The molecule has 1 aromatic rings. The summed E-state index contributed by atoms with van der Waals surface area (Å²) in [7, 11) is 0. The van der Waals surface area contributed by atoms with E-state index in [9.17, 15) is 0 Å². The minimum Gasteiger partial charge on any atom is -0.0839 e. The summed E-state index contributed by atoms with van der Waals surface area (Å²) in [5, 5.41) is 0. The summed E-state index contributed by atoms with van der Waals surface area (Å²) >= 11 is 0. The van der Waals surface area contributed by atoms with E-state index < -0.39 is 0 Å². The number of hydrogen-bond acceptors (Lipinski definition) is 0. The zero-order chi connectivity index (χ0) is 20.8. The Morgan fingerprint density at radius 1 is 0.900 bits per heavy atom. The van der Waals surface area contributed by atoms with Crippen molar-refractivity contribution >= 4 is 6.08 Å². The first kappa shape index (κ1) is 20.8. The second-order valence-electron chi connectivity index (χ2n) is 12.1. The quantitative estimate of drug-likeness (QED) is 0.470. The number of allylic oxidation sites excluding steroid dienone is 1. The zero-order valence-electron chi connectivity index (χ0n) is 19.8. The van der Waals surface area contributed by atoms with Crippen LogP contribution in [-0.4, -0.2) is 0 Å². The molecule has 1 aromatic carbocycles. The van der Waals surface area contributed by atoms with Gasteiger partial charge in [0.1, 0.15) is 0 Å². The third-order valence-corrected chi connectivity index (χ3v) is 10.8. The smallest absolute Gasteiger partial charge is 0.0257 e. The van der Waals surface area contributed by atoms with Crippen molar-refractivity contribution in [3.63, 3.8) is 0 Å². The monoisotopic (exact) mass is 404 g/mol. The van der Waals surface area contributed by atoms with Crippen LogP contribution < -0.4 is 0 Å². The van der Waals surface area contributed by atoms with E-state index in [4.69, 9.17) is 0 Å². The van der Waals surface area contributed by atoms with Crippen molar-refractivity contribution in [2.24, 2.45) is 40.4 Å². The van der Waals surface area contributed by atoms with Gasteiger partial charge in [0.2, 0.25) is 0 Å². The molecule has 4 aliphatic rings. The van der Waals surface area contributed by atoms with Crippen LogP contribution in [0.25, 0.3) is 6.08 Å². The van der Waals surface area contributed by atoms with Crippen molar-refractivity contribution < 1.29 is 0 Å². The first-order valence-electron chi connectivity index (χ1n) is 13.2. The third kappa shape index (κ3) is 3.51. The van der Waals surface area contributed by atoms with Crippen LogP contribution in [0.4, 0.5) is 0 Å². The first-order valence-corrected chi connectivity index (χ1v) is 13.2. The summed E-state index contributed by atoms with van der Waals surface area (Å²) < 4.78 is 0. The Kier molecular flexibility index (Phi) is 5.66. The van der Waals surface area contributed by atoms with Crippen molar-refractivity contribution in [3.05, 3.63) is 41.5 Å². The fraction of sp³-hybridized carbons (Fsp3) is 0.733. The molecule has 0 aliphatic heterocycles. The fourth-order valence-electron chi connectivity index (χ4n) is 9.17. The molecule has 0 amide bonds. The summed E-state index contributed by atoms with van der Waals surface area (Å²) in [5.41, 5.74) is 4.05. The van der Waals surface area contributed by atoms with Crippen LogP contribution in [0.5, 0.6) is 0 Å². The van der Waals surface area contributed by atoms with Crippen molar-refractivity contribution in [1.82, 2.24) is 0 Å². The summed E-state index contributed by atoms with van der Waals surface area (Å²) in [6, 6.07) is 8.90. The normalized spacial score (nSPS) is 43.2. The highest BCUT2D eigenvalue weighted by atomic mass is 14.6. The van der Waals surface area contributed by atoms with Crippen molar-refractivity contribution in [2.75, 3.05) is 0 Å². The van der Waals surface area contributed by atoms with Crippen LogP contribution in [0.3, 0.4) is 0 Å². The van der Waals surface area contributed by atoms with E-state index in [1.54, 1.807) is 19.3 Å². The van der Waals surface area contributed by atoms with Crippen LogP contribution in [0.15, 0.2) is 30.3 Å². The van der Waals surface area contributed by atoms with Gasteiger partial charge in [0.05, 0.1) is 0 Å². The molecule has 164 valence electrons. The summed E-state index contributed by atoms with van der Waals surface area (Å²) in [4.78, 5) is 0. The van der Waals surface area contributed by atoms with Gasteiger partial charge < -0.3 is 0 Å². The van der Waals surface area contributed by atoms with Gasteiger partial charge in [-0.05, 0) is 117 Å². The Bertz CT molecular complexity index is 774. The molecule has 0 bridgehead atoms. The molecule has 7 unspecified atom stereocenters. The molecular formula is C30H44. The Morgan fingerprint density at radius 3 is 2.63 bits per heavy atom. The molecule has 0 radical (unpaired) electrons. The van der Waals surface area contributed by atoms with E-state index in [-0.39, 0.29) is 0 Å². The number of benzene rings is 1. The van der Waals surface area contributed by atoms with Gasteiger partial charge >= 0.3 is 0 Å². The van der Waals surface area contributed by atoms with Gasteiger partial charge in [-0.1, -0.05) is 68.7 Å². The van der Waals surface area contributed by atoms with Gasteiger partial charge in [-0.3, -0.25) is 0 Å². The van der Waals surface area contributed by atoms with Crippen molar-refractivity contribution in [3.8, 4) is 0 Å². The molecule has 4 fully saturated rings. The Balaban J connectivity index is 1.24. The predicted molar refractivity (Wildman–Crippen MR) is 129 cm³/mol. The zero-order valence-corrected chi connectivity index (χ0v) is 19.8. The van der Waals surface area contributed by atoms with Gasteiger partial charge in [0.15, 0.2) is 0 Å². The molecule has 0 saturated heterocycles. The van der Waals surface area contributed by atoms with Crippen LogP contribution in [-0.2, 0) is 0 Å². The van der Waals surface area contributed by atoms with Crippen LogP contribution in [0.1, 0.15) is 102 Å². The summed E-state index contributed by atoms with van der Waals surface area (Å²) in [5.74, 6) is 5.15. The number of aryl methyl sites for hydroxylation is 1. The second-order valence-corrected chi connectivity index (χ2v) is 12.1. The lowest BCUT2D eigenvalue weighted by atomic mass is 9.45. The Hall–Kier alpha value is -1.04. The molecule has 0 N–H and O–H groups in total. The van der Waals surface area contributed by atoms with Gasteiger partial charge in [-0.25, -0.2) is 0 Å². The predicted octanol–water partition coefficient (Wildman–Crippen LogP) is 8.84. The molecule has 0 nitrogen and oxygen atoms in total. The molecule has 4 aliphatic carbocycles. The lowest BCUT2D eigenvalue weighted by molar-refractivity contribution is -0.111. The fourth-order valence-corrected chi connectivity index (χ4v) is 9.17. The molecule has 0 aromatic heterocycles. The van der Waals surface area contributed by atoms with E-state index in [1.807, 2.05) is 0 Å². The molecule has 5 rings (SSSR count). The maximum absolute atomic E-state index is 2.72. The van der Waals surface area contributed by atoms with Crippen molar-refractivity contribution in [1.29, 1.82) is 0 Å². The van der Waals surface area contributed by atoms with Crippen molar-refractivity contribution in [2.45, 2.75) is 97.8 Å². The SMILES string of the molecule is Cc1cccc(/C=C/CCC2CCC3C4CCC5CCCCC5(C)C4CCC23C)c1. The lowest BCUT2D eigenvalue weighted by Gasteiger charge is -2.60. The maximum Gasteiger partial charge on any atom is -0.0257 e. The largest absolute Gasteiger partial charge is 0.0839 e. The highest BCUT2D eigenvalue weighted by molar-refractivity contribution is 5.50. The molecule has 7 atom stereocenters. The number of rotatable bonds is 4. The third-order valence-electron chi connectivity index (χ3n) is 10.8. The highest BCUT2D eigenvalue weighted by Gasteiger charge is 2.59. The molecule has 30 heavy (non-hydrogen) atoms. The van der Waals surface area contributed by atoms with Crippen LogP contribution >= 0.6 is 0 Å². The maximum atomic E-state index is 2.72. The van der Waals surface area contributed by atoms with Gasteiger partial charge in [-0.15, -0.1) is 0 Å². The first-order chi connectivity index (χ1) is 14.5. The number of fused-ring (bicyclic) bond motifs is 5. The molecular weight excluding hydrogens is 360 g/mol. The van der Waals surface area contributed by atoms with Gasteiger partial charge in [0, 0.05) is 0 Å². The molecule has 0 spiro atoms. The Labute approximate surface area is 185 Å². The average molecular weight is 405 g/mol. The summed E-state index contributed by atoms with van der Waals surface area (Å²) in [6.07, 6.45) is 22.8. The molecule has 0 heteroatoms. The number of hydrogen-bond donors (Lipinski definition) is 0. The van der Waals surface area contributed by atoms with Crippen LogP contribution in [0, 0.1) is 47.3 Å². The van der Waals surface area contributed by atoms with Crippen LogP contribution in [0.2, 0.25) is 0 Å². The standard InChI is InChI=1S/C30H44/c1-22-9-8-11-23(21-22)10-4-5-12-25-15-17-27-26-16-14-24-13-6-7-19-29(24,2)28(26)18-20-30(25,27)3/h4,8-11,21,24-28H,5-7,12-20H2,1-3H3/b10-4+. The highest BCUT2D eigenvalue weighted by Crippen LogP contribution is 2.67. The second kappa shape index (κ2) is 8.14. The van der Waals surface area contributed by atoms with E-state index >= 15 is 0 Å². The molecule has 4 saturated carbocycles. The topological polar surface area (TPSA) is 0 Å². The van der Waals surface area contributed by atoms with E-state index in [0.717, 1.165) is 29.6 Å². The molecule has 0 heterocycles. The van der Waals surface area contributed by atoms with E-state index in [1.165, 1.54) is 68.9 Å². The van der Waals surface area contributed by atoms with E-state index in [2.05, 4.69) is 57.2 Å². The van der Waals surface area contributed by atoms with Gasteiger partial charge in [-0.2, -0.15) is 0 Å².